The molecule has 2 aromatic carbocycles. The number of methoxy groups -OCH3 is 2. The van der Waals surface area contributed by atoms with Gasteiger partial charge in [0.1, 0.15) is 16.0 Å². The fourth-order valence-electron chi connectivity index (χ4n) is 3.98. The number of fused-ring (bicyclic) bond motifs is 1. The van der Waals surface area contributed by atoms with E-state index in [2.05, 4.69) is 15.9 Å². The zero-order chi connectivity index (χ0) is 20.4. The molecule has 4 rings (SSSR count). The van der Waals surface area contributed by atoms with E-state index in [0.29, 0.717) is 28.1 Å². The Labute approximate surface area is 178 Å². The van der Waals surface area contributed by atoms with E-state index in [0.717, 1.165) is 42.7 Å². The molecule has 0 aromatic heterocycles. The van der Waals surface area contributed by atoms with Gasteiger partial charge in [-0.05, 0) is 58.6 Å². The molecular weight excluding hydrogens is 438 g/mol. The number of carbonyl (C=O) groups excluding carboxylic acids is 1. The highest BCUT2D eigenvalue weighted by molar-refractivity contribution is 9.10. The SMILES string of the molecule is COc1cc(C(=O)N(Cc2ccc3c(c2)OCO3)C2CCCC2)cc(OC)c1Br. The molecule has 29 heavy (non-hydrogen) atoms. The Morgan fingerprint density at radius 2 is 1.72 bits per heavy atom. The molecule has 1 saturated carbocycles. The number of hydrogen-bond acceptors (Lipinski definition) is 5. The van der Waals surface area contributed by atoms with Crippen molar-refractivity contribution < 1.29 is 23.7 Å². The van der Waals surface area contributed by atoms with E-state index in [1.54, 1.807) is 26.4 Å². The zero-order valence-electron chi connectivity index (χ0n) is 16.6. The first-order chi connectivity index (χ1) is 14.1. The van der Waals surface area contributed by atoms with Crippen molar-refractivity contribution in [2.24, 2.45) is 0 Å². The predicted octanol–water partition coefficient (Wildman–Crippen LogP) is 4.78. The van der Waals surface area contributed by atoms with Crippen molar-refractivity contribution in [3.05, 3.63) is 45.9 Å². The minimum absolute atomic E-state index is 0.0290. The number of nitrogens with zero attached hydrogens (tertiary/aromatic N) is 1. The van der Waals surface area contributed by atoms with Gasteiger partial charge in [0, 0.05) is 18.2 Å². The molecule has 0 radical (unpaired) electrons. The van der Waals surface area contributed by atoms with Crippen LogP contribution >= 0.6 is 15.9 Å². The lowest BCUT2D eigenvalue weighted by Crippen LogP contribution is -2.38. The number of benzene rings is 2. The van der Waals surface area contributed by atoms with Gasteiger partial charge >= 0.3 is 0 Å². The largest absolute Gasteiger partial charge is 0.495 e. The monoisotopic (exact) mass is 461 g/mol. The Kier molecular flexibility index (Phi) is 5.85. The minimum atomic E-state index is -0.0290. The van der Waals surface area contributed by atoms with E-state index in [1.807, 2.05) is 23.1 Å². The lowest BCUT2D eigenvalue weighted by atomic mass is 10.1. The third-order valence-electron chi connectivity index (χ3n) is 5.51. The molecule has 0 atom stereocenters. The van der Waals surface area contributed by atoms with Gasteiger partial charge in [-0.2, -0.15) is 0 Å². The van der Waals surface area contributed by atoms with E-state index in [4.69, 9.17) is 18.9 Å². The van der Waals surface area contributed by atoms with Crippen LogP contribution in [-0.2, 0) is 6.54 Å². The minimum Gasteiger partial charge on any atom is -0.495 e. The van der Waals surface area contributed by atoms with Crippen LogP contribution in [0.25, 0.3) is 0 Å². The molecule has 1 fully saturated rings. The molecule has 0 saturated heterocycles. The molecule has 2 aliphatic rings. The highest BCUT2D eigenvalue weighted by atomic mass is 79.9. The fraction of sp³-hybridized carbons (Fsp3) is 0.409. The fourth-order valence-corrected chi connectivity index (χ4v) is 4.53. The summed E-state index contributed by atoms with van der Waals surface area (Å²) in [7, 11) is 3.16. The van der Waals surface area contributed by atoms with Crippen LogP contribution in [0.3, 0.4) is 0 Å². The van der Waals surface area contributed by atoms with Crippen LogP contribution in [0.1, 0.15) is 41.6 Å². The van der Waals surface area contributed by atoms with Crippen molar-refractivity contribution >= 4 is 21.8 Å². The van der Waals surface area contributed by atoms with Gasteiger partial charge in [-0.25, -0.2) is 0 Å². The maximum Gasteiger partial charge on any atom is 0.254 e. The smallest absolute Gasteiger partial charge is 0.254 e. The molecule has 1 aliphatic carbocycles. The molecule has 0 unspecified atom stereocenters. The molecule has 1 aliphatic heterocycles. The van der Waals surface area contributed by atoms with Gasteiger partial charge in [-0.1, -0.05) is 18.9 Å². The van der Waals surface area contributed by atoms with Crippen LogP contribution in [0.4, 0.5) is 0 Å². The molecule has 0 spiro atoms. The average Bonchev–Trinajstić information content (AvgIpc) is 3.43. The number of ether oxygens (including phenoxy) is 4. The molecular formula is C22H24BrNO5. The van der Waals surface area contributed by atoms with E-state index in [-0.39, 0.29) is 18.7 Å². The molecule has 154 valence electrons. The van der Waals surface area contributed by atoms with Crippen LogP contribution in [0, 0.1) is 0 Å². The number of rotatable bonds is 6. The third kappa shape index (κ3) is 4.01. The maximum absolute atomic E-state index is 13.6. The summed E-state index contributed by atoms with van der Waals surface area (Å²) < 4.78 is 22.4. The van der Waals surface area contributed by atoms with E-state index < -0.39 is 0 Å². The Balaban J connectivity index is 1.66. The van der Waals surface area contributed by atoms with E-state index in [9.17, 15) is 4.79 Å². The van der Waals surface area contributed by atoms with Crippen molar-refractivity contribution in [2.45, 2.75) is 38.3 Å². The molecule has 6 nitrogen and oxygen atoms in total. The van der Waals surface area contributed by atoms with Crippen molar-refractivity contribution in [2.75, 3.05) is 21.0 Å². The van der Waals surface area contributed by atoms with Crippen LogP contribution in [-0.4, -0.2) is 37.9 Å². The molecule has 0 bridgehead atoms. The molecule has 1 amide bonds. The van der Waals surface area contributed by atoms with Crippen molar-refractivity contribution in [1.29, 1.82) is 0 Å². The van der Waals surface area contributed by atoms with Crippen molar-refractivity contribution in [1.82, 2.24) is 4.90 Å². The topological polar surface area (TPSA) is 57.2 Å². The van der Waals surface area contributed by atoms with E-state index >= 15 is 0 Å². The molecule has 0 N–H and O–H groups in total. The predicted molar refractivity (Wildman–Crippen MR) is 112 cm³/mol. The Morgan fingerprint density at radius 3 is 2.38 bits per heavy atom. The van der Waals surface area contributed by atoms with Gasteiger partial charge in [0.05, 0.1) is 14.2 Å². The summed E-state index contributed by atoms with van der Waals surface area (Å²) in [5.41, 5.74) is 1.57. The summed E-state index contributed by atoms with van der Waals surface area (Å²) in [6.45, 7) is 0.753. The number of carbonyl (C=O) groups is 1. The van der Waals surface area contributed by atoms with E-state index in [1.165, 1.54) is 0 Å². The number of halogens is 1. The summed E-state index contributed by atoms with van der Waals surface area (Å²) in [6, 6.07) is 9.59. The lowest BCUT2D eigenvalue weighted by molar-refractivity contribution is 0.0663. The molecule has 2 aromatic rings. The summed E-state index contributed by atoms with van der Waals surface area (Å²) in [5, 5.41) is 0. The van der Waals surface area contributed by atoms with Crippen LogP contribution in [0.15, 0.2) is 34.8 Å². The summed E-state index contributed by atoms with van der Waals surface area (Å²) in [6.07, 6.45) is 4.31. The quantitative estimate of drug-likeness (QED) is 0.619. The molecule has 1 heterocycles. The van der Waals surface area contributed by atoms with Crippen LogP contribution < -0.4 is 18.9 Å². The summed E-state index contributed by atoms with van der Waals surface area (Å²) in [4.78, 5) is 15.5. The first kappa shape index (κ1) is 19.9. The normalized spacial score (nSPS) is 15.4. The third-order valence-corrected chi connectivity index (χ3v) is 6.29. The molecule has 7 heteroatoms. The van der Waals surface area contributed by atoms with Crippen LogP contribution in [0.2, 0.25) is 0 Å². The van der Waals surface area contributed by atoms with Gasteiger partial charge in [0.25, 0.3) is 5.91 Å². The first-order valence-corrected chi connectivity index (χ1v) is 10.5. The van der Waals surface area contributed by atoms with Gasteiger partial charge in [-0.3, -0.25) is 4.79 Å². The second-order valence-electron chi connectivity index (χ2n) is 7.25. The van der Waals surface area contributed by atoms with Gasteiger partial charge in [0.15, 0.2) is 11.5 Å². The van der Waals surface area contributed by atoms with Crippen molar-refractivity contribution in [3.8, 4) is 23.0 Å². The number of amides is 1. The maximum atomic E-state index is 13.6. The Bertz CT molecular complexity index is 885. The second-order valence-corrected chi connectivity index (χ2v) is 8.05. The zero-order valence-corrected chi connectivity index (χ0v) is 18.2. The Morgan fingerprint density at radius 1 is 1.07 bits per heavy atom. The number of hydrogen-bond donors (Lipinski definition) is 0. The van der Waals surface area contributed by atoms with Gasteiger partial charge in [0.2, 0.25) is 6.79 Å². The van der Waals surface area contributed by atoms with Gasteiger partial charge in [-0.15, -0.1) is 0 Å². The summed E-state index contributed by atoms with van der Waals surface area (Å²) >= 11 is 3.47. The summed E-state index contributed by atoms with van der Waals surface area (Å²) in [5.74, 6) is 2.59. The highest BCUT2D eigenvalue weighted by Crippen LogP contribution is 2.37. The van der Waals surface area contributed by atoms with Gasteiger partial charge < -0.3 is 23.8 Å². The van der Waals surface area contributed by atoms with Crippen LogP contribution in [0.5, 0.6) is 23.0 Å². The first-order valence-electron chi connectivity index (χ1n) is 9.71. The van der Waals surface area contributed by atoms with Crippen molar-refractivity contribution in [3.63, 3.8) is 0 Å². The lowest BCUT2D eigenvalue weighted by Gasteiger charge is -2.29. The standard InChI is InChI=1S/C22H24BrNO5/c1-26-19-10-15(11-20(27-2)21(19)23)22(25)24(16-5-3-4-6-16)12-14-7-8-17-18(9-14)29-13-28-17/h7-11,16H,3-6,12-13H2,1-2H3. The average molecular weight is 462 g/mol. The second kappa shape index (κ2) is 8.53. The Hall–Kier alpha value is -2.41. The highest BCUT2D eigenvalue weighted by Gasteiger charge is 2.29.